The van der Waals surface area contributed by atoms with Crippen LogP contribution in [0.4, 0.5) is 19.0 Å². The third-order valence-electron chi connectivity index (χ3n) is 2.16. The van der Waals surface area contributed by atoms with Gasteiger partial charge in [0.15, 0.2) is 0 Å². The Hall–Kier alpha value is -1.54. The van der Waals surface area contributed by atoms with E-state index in [0.717, 1.165) is 12.1 Å². The van der Waals surface area contributed by atoms with Gasteiger partial charge in [-0.05, 0) is 19.9 Å². The van der Waals surface area contributed by atoms with Gasteiger partial charge in [0.25, 0.3) is 0 Å². The molecule has 1 aromatic heterocycles. The van der Waals surface area contributed by atoms with Gasteiger partial charge in [0.2, 0.25) is 5.88 Å². The van der Waals surface area contributed by atoms with Crippen molar-refractivity contribution in [3.8, 4) is 5.88 Å². The van der Waals surface area contributed by atoms with Crippen LogP contribution in [0, 0.1) is 0 Å². The summed E-state index contributed by atoms with van der Waals surface area (Å²) in [5.41, 5.74) is 1.19. The molecule has 1 heterocycles. The first-order valence-electron chi connectivity index (χ1n) is 5.67. The quantitative estimate of drug-likeness (QED) is 0.617. The molecule has 1 atom stereocenters. The molecule has 0 radical (unpaired) electrons. The molecule has 0 aromatic carbocycles. The Balaban J connectivity index is 2.88. The smallest absolute Gasteiger partial charge is 0.416 e. The van der Waals surface area contributed by atoms with Gasteiger partial charge < -0.3 is 14.9 Å². The van der Waals surface area contributed by atoms with Crippen LogP contribution in [0.15, 0.2) is 12.1 Å². The summed E-state index contributed by atoms with van der Waals surface area (Å²) in [5.74, 6) is 4.81. The zero-order chi connectivity index (χ0) is 14.5. The molecule has 8 heteroatoms. The van der Waals surface area contributed by atoms with Crippen LogP contribution in [0.25, 0.3) is 0 Å². The van der Waals surface area contributed by atoms with Gasteiger partial charge in [0.05, 0.1) is 12.2 Å². The number of nitrogens with two attached hydrogens (primary N) is 1. The molecule has 1 unspecified atom stereocenters. The molecule has 0 amide bonds. The lowest BCUT2D eigenvalue weighted by Crippen LogP contribution is -2.21. The number of halogens is 3. The van der Waals surface area contributed by atoms with Crippen molar-refractivity contribution in [2.75, 3.05) is 18.6 Å². The summed E-state index contributed by atoms with van der Waals surface area (Å²) >= 11 is 0. The lowest BCUT2D eigenvalue weighted by molar-refractivity contribution is -0.137. The van der Waals surface area contributed by atoms with Crippen molar-refractivity contribution in [2.24, 2.45) is 5.84 Å². The zero-order valence-electron chi connectivity index (χ0n) is 10.6. The molecule has 3 N–H and O–H groups in total. The number of pyridine rings is 1. The predicted octanol–water partition coefficient (Wildman–Crippen LogP) is 2.19. The Morgan fingerprint density at radius 1 is 1.42 bits per heavy atom. The SMILES string of the molecule is CCOCC(C)Oc1cc(C(F)(F)F)cc(NN)n1. The number of hydrogen-bond acceptors (Lipinski definition) is 5. The lowest BCUT2D eigenvalue weighted by Gasteiger charge is -2.16. The molecule has 0 saturated carbocycles. The number of aromatic nitrogens is 1. The van der Waals surface area contributed by atoms with E-state index in [-0.39, 0.29) is 18.3 Å². The summed E-state index contributed by atoms with van der Waals surface area (Å²) in [4.78, 5) is 3.80. The van der Waals surface area contributed by atoms with E-state index in [0.29, 0.717) is 6.61 Å². The molecule has 1 rings (SSSR count). The van der Waals surface area contributed by atoms with Crippen LogP contribution in [-0.2, 0) is 10.9 Å². The normalized spacial score (nSPS) is 13.2. The van der Waals surface area contributed by atoms with Gasteiger partial charge in [-0.15, -0.1) is 0 Å². The number of nitrogens with zero attached hydrogens (tertiary/aromatic N) is 1. The highest BCUT2D eigenvalue weighted by Gasteiger charge is 2.32. The Morgan fingerprint density at radius 3 is 2.63 bits per heavy atom. The molecular formula is C11H16F3N3O2. The fraction of sp³-hybridized carbons (Fsp3) is 0.545. The predicted molar refractivity (Wildman–Crippen MR) is 63.6 cm³/mol. The summed E-state index contributed by atoms with van der Waals surface area (Å²) in [6.45, 7) is 4.25. The van der Waals surface area contributed by atoms with Crippen LogP contribution < -0.4 is 16.0 Å². The molecule has 5 nitrogen and oxygen atoms in total. The van der Waals surface area contributed by atoms with E-state index in [1.165, 1.54) is 0 Å². The maximum Gasteiger partial charge on any atom is 0.416 e. The number of nitrogen functional groups attached to an aromatic ring is 1. The van der Waals surface area contributed by atoms with E-state index < -0.39 is 17.8 Å². The van der Waals surface area contributed by atoms with Crippen molar-refractivity contribution in [2.45, 2.75) is 26.1 Å². The van der Waals surface area contributed by atoms with Crippen LogP contribution in [0.1, 0.15) is 19.4 Å². The molecule has 19 heavy (non-hydrogen) atoms. The van der Waals surface area contributed by atoms with Crippen molar-refractivity contribution in [1.29, 1.82) is 0 Å². The molecule has 0 aliphatic carbocycles. The average Bonchev–Trinajstić information content (AvgIpc) is 2.34. The van der Waals surface area contributed by atoms with E-state index in [4.69, 9.17) is 15.3 Å². The third kappa shape index (κ3) is 4.92. The highest BCUT2D eigenvalue weighted by molar-refractivity contribution is 5.41. The second kappa shape index (κ2) is 6.58. The molecule has 0 fully saturated rings. The average molecular weight is 279 g/mol. The van der Waals surface area contributed by atoms with Gasteiger partial charge in [0, 0.05) is 12.7 Å². The Kier molecular flexibility index (Phi) is 5.37. The number of nitrogens with one attached hydrogen (secondary N) is 1. The van der Waals surface area contributed by atoms with Gasteiger partial charge in [-0.1, -0.05) is 0 Å². The van der Waals surface area contributed by atoms with Gasteiger partial charge in [-0.2, -0.15) is 18.2 Å². The van der Waals surface area contributed by atoms with Crippen molar-refractivity contribution in [3.05, 3.63) is 17.7 Å². The van der Waals surface area contributed by atoms with Crippen LogP contribution in [0.5, 0.6) is 5.88 Å². The van der Waals surface area contributed by atoms with E-state index in [2.05, 4.69) is 10.4 Å². The molecule has 108 valence electrons. The molecule has 0 spiro atoms. The van der Waals surface area contributed by atoms with Crippen molar-refractivity contribution in [3.63, 3.8) is 0 Å². The number of hydrazine groups is 1. The first-order chi connectivity index (χ1) is 8.86. The molecule has 0 aliphatic heterocycles. The van der Waals surface area contributed by atoms with Crippen LogP contribution >= 0.6 is 0 Å². The highest BCUT2D eigenvalue weighted by Crippen LogP contribution is 2.32. The van der Waals surface area contributed by atoms with Crippen molar-refractivity contribution < 1.29 is 22.6 Å². The van der Waals surface area contributed by atoms with E-state index in [1.807, 2.05) is 6.92 Å². The minimum atomic E-state index is -4.49. The second-order valence-corrected chi connectivity index (χ2v) is 3.81. The van der Waals surface area contributed by atoms with Crippen LogP contribution in [0.3, 0.4) is 0 Å². The fourth-order valence-electron chi connectivity index (χ4n) is 1.33. The van der Waals surface area contributed by atoms with E-state index in [9.17, 15) is 13.2 Å². The minimum Gasteiger partial charge on any atom is -0.472 e. The third-order valence-corrected chi connectivity index (χ3v) is 2.16. The van der Waals surface area contributed by atoms with Gasteiger partial charge in [-0.25, -0.2) is 5.84 Å². The standard InChI is InChI=1S/C11H16F3N3O2/c1-3-18-6-7(2)19-10-5-8(11(12,13)14)4-9(16-10)17-15/h4-5,7H,3,6,15H2,1-2H3,(H,16,17). The maximum absolute atomic E-state index is 12.6. The number of hydrogen-bond donors (Lipinski definition) is 2. The summed E-state index contributed by atoms with van der Waals surface area (Å²) in [5, 5.41) is 0. The van der Waals surface area contributed by atoms with Crippen molar-refractivity contribution >= 4 is 5.82 Å². The second-order valence-electron chi connectivity index (χ2n) is 3.81. The number of ether oxygens (including phenoxy) is 2. The fourth-order valence-corrected chi connectivity index (χ4v) is 1.33. The van der Waals surface area contributed by atoms with E-state index in [1.54, 1.807) is 6.92 Å². The van der Waals surface area contributed by atoms with Crippen LogP contribution in [0.2, 0.25) is 0 Å². The van der Waals surface area contributed by atoms with Crippen molar-refractivity contribution in [1.82, 2.24) is 4.98 Å². The Bertz CT molecular complexity index is 413. The number of anilines is 1. The Labute approximate surface area is 108 Å². The maximum atomic E-state index is 12.6. The first-order valence-corrected chi connectivity index (χ1v) is 5.67. The summed E-state index contributed by atoms with van der Waals surface area (Å²) in [7, 11) is 0. The monoisotopic (exact) mass is 279 g/mol. The topological polar surface area (TPSA) is 69.4 Å². The Morgan fingerprint density at radius 2 is 2.11 bits per heavy atom. The first kappa shape index (κ1) is 15.5. The minimum absolute atomic E-state index is 0.117. The highest BCUT2D eigenvalue weighted by atomic mass is 19.4. The van der Waals surface area contributed by atoms with Crippen LogP contribution in [-0.4, -0.2) is 24.3 Å². The number of alkyl halides is 3. The number of rotatable bonds is 6. The van der Waals surface area contributed by atoms with Gasteiger partial charge >= 0.3 is 6.18 Å². The molecule has 1 aromatic rings. The largest absolute Gasteiger partial charge is 0.472 e. The van der Waals surface area contributed by atoms with Gasteiger partial charge in [0.1, 0.15) is 11.9 Å². The molecule has 0 aliphatic rings. The lowest BCUT2D eigenvalue weighted by atomic mass is 10.2. The molecule has 0 saturated heterocycles. The zero-order valence-corrected chi connectivity index (χ0v) is 10.6. The van der Waals surface area contributed by atoms with Gasteiger partial charge in [-0.3, -0.25) is 0 Å². The summed E-state index contributed by atoms with van der Waals surface area (Å²) < 4.78 is 48.3. The summed E-state index contributed by atoms with van der Waals surface area (Å²) in [6, 6.07) is 1.63. The molecule has 0 bridgehead atoms. The summed E-state index contributed by atoms with van der Waals surface area (Å²) in [6.07, 6.45) is -4.91. The van der Waals surface area contributed by atoms with E-state index >= 15 is 0 Å². The molecular weight excluding hydrogens is 263 g/mol.